The van der Waals surface area contributed by atoms with Gasteiger partial charge in [-0.25, -0.2) is 0 Å². The molecule has 3 rings (SSSR count). The minimum absolute atomic E-state index is 0.135. The molecule has 1 aromatic carbocycles. The van der Waals surface area contributed by atoms with Crippen LogP contribution in [0.15, 0.2) is 46.3 Å². The Balaban J connectivity index is 1.75. The van der Waals surface area contributed by atoms with Crippen molar-refractivity contribution in [2.75, 3.05) is 7.11 Å². The van der Waals surface area contributed by atoms with Gasteiger partial charge in [0.1, 0.15) is 5.76 Å². The van der Waals surface area contributed by atoms with Crippen LogP contribution in [0.3, 0.4) is 0 Å². The molecule has 0 aliphatic carbocycles. The number of methoxy groups -OCH3 is 1. The Kier molecular flexibility index (Phi) is 4.00. The second-order valence-electron chi connectivity index (χ2n) is 5.00. The first-order valence-electron chi connectivity index (χ1n) is 6.85. The monoisotopic (exact) mass is 339 g/mol. The average Bonchev–Trinajstić information content (AvgIpc) is 3.23. The molecule has 1 aliphatic heterocycles. The number of oxime groups is 1. The molecule has 1 aromatic heterocycles. The maximum Gasteiger partial charge on any atom is 0.471 e. The Morgan fingerprint density at radius 2 is 1.92 bits per heavy atom. The van der Waals surface area contributed by atoms with Crippen LogP contribution in [0.2, 0.25) is 0 Å². The summed E-state index contributed by atoms with van der Waals surface area (Å²) >= 11 is 0. The molecule has 0 amide bonds. The second kappa shape index (κ2) is 5.99. The number of hydrogen-bond acceptors (Lipinski definition) is 6. The number of hydrogen-bond donors (Lipinski definition) is 0. The van der Waals surface area contributed by atoms with Crippen molar-refractivity contribution in [1.82, 2.24) is 10.1 Å². The molecule has 2 aromatic rings. The van der Waals surface area contributed by atoms with Gasteiger partial charge in [0.25, 0.3) is 0 Å². The molecule has 0 saturated heterocycles. The number of benzene rings is 1. The molecule has 1 aliphatic rings. The molecule has 24 heavy (non-hydrogen) atoms. The molecule has 0 N–H and O–H groups in total. The number of nitrogens with zero attached hydrogens (tertiary/aromatic N) is 3. The minimum Gasteiger partial charge on any atom is -0.498 e. The molecule has 6 nitrogen and oxygen atoms in total. The normalized spacial score (nSPS) is 17.3. The van der Waals surface area contributed by atoms with Crippen LogP contribution < -0.4 is 0 Å². The summed E-state index contributed by atoms with van der Waals surface area (Å²) in [5.74, 6) is -1.04. The van der Waals surface area contributed by atoms with Crippen LogP contribution in [-0.4, -0.2) is 29.1 Å². The third kappa shape index (κ3) is 3.10. The summed E-state index contributed by atoms with van der Waals surface area (Å²) in [6.45, 7) is 3.72. The van der Waals surface area contributed by atoms with Gasteiger partial charge in [0.2, 0.25) is 5.82 Å². The van der Waals surface area contributed by atoms with Gasteiger partial charge in [0.05, 0.1) is 12.8 Å². The van der Waals surface area contributed by atoms with Crippen molar-refractivity contribution in [3.63, 3.8) is 0 Å². The maximum atomic E-state index is 12.5. The summed E-state index contributed by atoms with van der Waals surface area (Å²) in [7, 11) is 1.50. The van der Waals surface area contributed by atoms with E-state index in [1.807, 2.05) is 0 Å². The molecule has 0 radical (unpaired) electrons. The van der Waals surface area contributed by atoms with Gasteiger partial charge in [-0.2, -0.15) is 18.2 Å². The molecule has 0 saturated carbocycles. The molecule has 1 unspecified atom stereocenters. The number of rotatable bonds is 4. The fourth-order valence-corrected chi connectivity index (χ4v) is 2.12. The predicted octanol–water partition coefficient (Wildman–Crippen LogP) is 3.41. The minimum atomic E-state index is -4.67. The van der Waals surface area contributed by atoms with Crippen LogP contribution in [0.5, 0.6) is 0 Å². The fraction of sp³-hybridized carbons (Fsp3) is 0.267. The Bertz CT molecular complexity index is 781. The van der Waals surface area contributed by atoms with Crippen LogP contribution in [0.25, 0.3) is 11.4 Å². The van der Waals surface area contributed by atoms with Crippen molar-refractivity contribution >= 4 is 5.71 Å². The van der Waals surface area contributed by atoms with E-state index in [0.29, 0.717) is 23.5 Å². The molecule has 126 valence electrons. The quantitative estimate of drug-likeness (QED) is 0.799. The highest BCUT2D eigenvalue weighted by atomic mass is 19.4. The SMILES string of the molecule is C=C(OC)C1CC(c2ccc(-c3noc(C(F)(F)F)n3)cc2)=NO1. The summed E-state index contributed by atoms with van der Waals surface area (Å²) in [4.78, 5) is 8.57. The summed E-state index contributed by atoms with van der Waals surface area (Å²) in [6.07, 6.45) is -4.53. The van der Waals surface area contributed by atoms with Crippen LogP contribution in [0, 0.1) is 0 Å². The van der Waals surface area contributed by atoms with Crippen LogP contribution in [-0.2, 0) is 15.8 Å². The van der Waals surface area contributed by atoms with Gasteiger partial charge in [0, 0.05) is 12.0 Å². The first-order valence-corrected chi connectivity index (χ1v) is 6.85. The number of aromatic nitrogens is 2. The lowest BCUT2D eigenvalue weighted by atomic mass is 10.0. The second-order valence-corrected chi connectivity index (χ2v) is 5.00. The van der Waals surface area contributed by atoms with E-state index in [1.165, 1.54) is 7.11 Å². The summed E-state index contributed by atoms with van der Waals surface area (Å²) < 4.78 is 46.6. The highest BCUT2D eigenvalue weighted by Gasteiger charge is 2.38. The van der Waals surface area contributed by atoms with Crippen molar-refractivity contribution in [2.45, 2.75) is 18.7 Å². The van der Waals surface area contributed by atoms with Crippen LogP contribution >= 0.6 is 0 Å². The highest BCUT2D eigenvalue weighted by molar-refractivity contribution is 6.01. The van der Waals surface area contributed by atoms with Gasteiger partial charge in [0.15, 0.2) is 6.10 Å². The fourth-order valence-electron chi connectivity index (χ4n) is 2.12. The molecule has 9 heteroatoms. The van der Waals surface area contributed by atoms with Gasteiger partial charge >= 0.3 is 12.1 Å². The first kappa shape index (κ1) is 16.0. The third-order valence-corrected chi connectivity index (χ3v) is 3.44. The van der Waals surface area contributed by atoms with Crippen molar-refractivity contribution in [1.29, 1.82) is 0 Å². The summed E-state index contributed by atoms with van der Waals surface area (Å²) in [6, 6.07) is 6.56. The molecular weight excluding hydrogens is 327 g/mol. The molecule has 0 spiro atoms. The van der Waals surface area contributed by atoms with Crippen LogP contribution in [0.4, 0.5) is 13.2 Å². The standard InChI is InChI=1S/C15H12F3N3O3/c1-8(22-2)12-7-11(20-23-12)9-3-5-10(6-4-9)13-19-14(24-21-13)15(16,17)18/h3-6,12H,1,7H2,2H3. The smallest absolute Gasteiger partial charge is 0.471 e. The van der Waals surface area contributed by atoms with E-state index in [2.05, 4.69) is 26.4 Å². The van der Waals surface area contributed by atoms with Gasteiger partial charge in [-0.15, -0.1) is 0 Å². The molecule has 0 bridgehead atoms. The van der Waals surface area contributed by atoms with Gasteiger partial charge in [-0.3, -0.25) is 0 Å². The van der Waals surface area contributed by atoms with Crippen molar-refractivity contribution in [2.24, 2.45) is 5.16 Å². The van der Waals surface area contributed by atoms with E-state index in [-0.39, 0.29) is 11.9 Å². The average molecular weight is 339 g/mol. The molecule has 0 fully saturated rings. The van der Waals surface area contributed by atoms with Gasteiger partial charge < -0.3 is 14.1 Å². The van der Waals surface area contributed by atoms with Crippen LogP contribution in [0.1, 0.15) is 17.9 Å². The Morgan fingerprint density at radius 1 is 1.25 bits per heavy atom. The third-order valence-electron chi connectivity index (χ3n) is 3.44. The lowest BCUT2D eigenvalue weighted by Crippen LogP contribution is -2.12. The molecule has 1 atom stereocenters. The van der Waals surface area contributed by atoms with E-state index in [0.717, 1.165) is 5.56 Å². The Hall–Kier alpha value is -2.84. The molecular formula is C15H12F3N3O3. The first-order chi connectivity index (χ1) is 11.4. The number of ether oxygens (including phenoxy) is 1. The lowest BCUT2D eigenvalue weighted by Gasteiger charge is -2.09. The van der Waals surface area contributed by atoms with E-state index in [9.17, 15) is 13.2 Å². The zero-order valence-electron chi connectivity index (χ0n) is 12.5. The summed E-state index contributed by atoms with van der Waals surface area (Å²) in [5.41, 5.74) is 1.86. The Labute approximate surface area is 134 Å². The zero-order chi connectivity index (χ0) is 17.3. The lowest BCUT2D eigenvalue weighted by molar-refractivity contribution is -0.159. The Morgan fingerprint density at radius 3 is 2.50 bits per heavy atom. The van der Waals surface area contributed by atoms with Gasteiger partial charge in [-0.05, 0) is 5.56 Å². The predicted molar refractivity (Wildman–Crippen MR) is 76.9 cm³/mol. The van der Waals surface area contributed by atoms with E-state index < -0.39 is 12.1 Å². The largest absolute Gasteiger partial charge is 0.498 e. The van der Waals surface area contributed by atoms with Gasteiger partial charge in [-0.1, -0.05) is 41.2 Å². The molecule has 2 heterocycles. The topological polar surface area (TPSA) is 69.7 Å². The summed E-state index contributed by atoms with van der Waals surface area (Å²) in [5, 5.41) is 7.31. The van der Waals surface area contributed by atoms with E-state index >= 15 is 0 Å². The number of alkyl halides is 3. The highest BCUT2D eigenvalue weighted by Crippen LogP contribution is 2.29. The number of halogens is 3. The zero-order valence-corrected chi connectivity index (χ0v) is 12.5. The van der Waals surface area contributed by atoms with Crippen molar-refractivity contribution < 1.29 is 27.3 Å². The van der Waals surface area contributed by atoms with Crippen molar-refractivity contribution in [3.05, 3.63) is 48.1 Å². The van der Waals surface area contributed by atoms with E-state index in [4.69, 9.17) is 9.57 Å². The van der Waals surface area contributed by atoms with E-state index in [1.54, 1.807) is 24.3 Å². The van der Waals surface area contributed by atoms with Crippen molar-refractivity contribution in [3.8, 4) is 11.4 Å². The maximum absolute atomic E-state index is 12.5.